The quantitative estimate of drug-likeness (QED) is 0.0798. The summed E-state index contributed by atoms with van der Waals surface area (Å²) in [5, 5.41) is 9.41. The van der Waals surface area contributed by atoms with Crippen LogP contribution in [0, 0.1) is 0 Å². The molecule has 3 aliphatic heterocycles. The van der Waals surface area contributed by atoms with E-state index in [1.807, 2.05) is 48.7 Å². The topological polar surface area (TPSA) is 177 Å². The number of carbonyl (C=O) groups excluding carboxylic acids is 6. The van der Waals surface area contributed by atoms with Crippen molar-refractivity contribution in [3.63, 3.8) is 0 Å². The van der Waals surface area contributed by atoms with E-state index < -0.39 is 36.0 Å². The summed E-state index contributed by atoms with van der Waals surface area (Å²) in [6.45, 7) is 1.73. The van der Waals surface area contributed by atoms with Crippen molar-refractivity contribution in [2.24, 2.45) is 0 Å². The summed E-state index contributed by atoms with van der Waals surface area (Å²) in [5.41, 5.74) is 6.61. The zero-order valence-electron chi connectivity index (χ0n) is 29.7. The molecule has 0 radical (unpaired) electrons. The molecule has 3 aliphatic rings. The van der Waals surface area contributed by atoms with Crippen molar-refractivity contribution in [3.05, 3.63) is 95.2 Å². The first-order chi connectivity index (χ1) is 26.2. The van der Waals surface area contributed by atoms with E-state index in [0.29, 0.717) is 49.5 Å². The Balaban J connectivity index is 0.841. The smallest absolute Gasteiger partial charge is 0.275 e. The second-order valence-electron chi connectivity index (χ2n) is 13.7. The molecule has 6 amide bonds. The second kappa shape index (κ2) is 16.4. The Hall–Kier alpha value is -5.86. The molecule has 2 atom stereocenters. The van der Waals surface area contributed by atoms with E-state index in [0.717, 1.165) is 53.5 Å². The lowest BCUT2D eigenvalue weighted by molar-refractivity contribution is -0.186. The number of anilines is 2. The Morgan fingerprint density at radius 3 is 2.56 bits per heavy atom. The maximum absolute atomic E-state index is 13.3. The van der Waals surface area contributed by atoms with Crippen LogP contribution < -0.4 is 21.4 Å². The Bertz CT molecular complexity index is 2090. The summed E-state index contributed by atoms with van der Waals surface area (Å²) < 4.78 is 7.59. The monoisotopic (exact) mass is 734 g/mol. The standard InChI is InChI=1S/C40H42N6O8/c47-33(9-2-1-4-20-41-30-8-6-7-29-36(30)40(52)46(39(29)51)31-17-18-34(48)43-38(31)50)42-28-15-11-25(12-16-28)24-45-21-19-26-13-14-27(23-32(26)45)37(49)44-54-35-10-3-5-22-53-35/h6-8,11-16,19,21,23,31,35,41H,1-5,9-10,17-18,20,22,24H2,(H,42,47)(H,44,49)(H,43,48,50). The number of hydrogen-bond donors (Lipinski definition) is 4. The largest absolute Gasteiger partial charge is 0.384 e. The molecule has 280 valence electrons. The number of nitrogens with one attached hydrogen (secondary N) is 4. The van der Waals surface area contributed by atoms with Crippen LogP contribution in [0.2, 0.25) is 0 Å². The average Bonchev–Trinajstić information content (AvgIpc) is 3.69. The van der Waals surface area contributed by atoms with Crippen LogP contribution in [-0.2, 0) is 30.5 Å². The van der Waals surface area contributed by atoms with Gasteiger partial charge in [0, 0.05) is 67.6 Å². The fraction of sp³-hybridized carbons (Fsp3) is 0.350. The second-order valence-corrected chi connectivity index (χ2v) is 13.7. The first-order valence-electron chi connectivity index (χ1n) is 18.4. The normalized spacial score (nSPS) is 18.4. The summed E-state index contributed by atoms with van der Waals surface area (Å²) in [7, 11) is 0. The highest BCUT2D eigenvalue weighted by molar-refractivity contribution is 6.25. The van der Waals surface area contributed by atoms with Gasteiger partial charge in [-0.1, -0.05) is 30.7 Å². The number of piperidine rings is 1. The van der Waals surface area contributed by atoms with Crippen molar-refractivity contribution in [1.29, 1.82) is 0 Å². The van der Waals surface area contributed by atoms with Crippen LogP contribution >= 0.6 is 0 Å². The highest BCUT2D eigenvalue weighted by Gasteiger charge is 2.45. The fourth-order valence-corrected chi connectivity index (χ4v) is 7.03. The maximum Gasteiger partial charge on any atom is 0.275 e. The van der Waals surface area contributed by atoms with E-state index in [1.165, 1.54) is 0 Å². The first kappa shape index (κ1) is 36.5. The van der Waals surface area contributed by atoms with Crippen LogP contribution in [0.1, 0.15) is 94.4 Å². The molecule has 14 heteroatoms. The molecule has 2 saturated heterocycles. The summed E-state index contributed by atoms with van der Waals surface area (Å²) >= 11 is 0. The molecule has 7 rings (SSSR count). The number of rotatable bonds is 14. The molecule has 0 bridgehead atoms. The van der Waals surface area contributed by atoms with Crippen LogP contribution in [0.5, 0.6) is 0 Å². The SMILES string of the molecule is O=C1CCC(N2C(=O)c3cccc(NCCCCCC(=O)Nc4ccc(Cn5ccc6ccc(C(=O)NOC7CCCCO7)cc65)cc4)c3C2=O)C(=O)N1. The minimum atomic E-state index is -1.02. The number of fused-ring (bicyclic) bond motifs is 2. The van der Waals surface area contributed by atoms with Gasteiger partial charge in [-0.2, -0.15) is 0 Å². The molecular weight excluding hydrogens is 692 g/mol. The highest BCUT2D eigenvalue weighted by atomic mass is 16.8. The van der Waals surface area contributed by atoms with E-state index in [9.17, 15) is 28.8 Å². The summed E-state index contributed by atoms with van der Waals surface area (Å²) in [6.07, 6.45) is 6.97. The zero-order chi connectivity index (χ0) is 37.6. The number of benzene rings is 3. The van der Waals surface area contributed by atoms with Gasteiger partial charge in [0.25, 0.3) is 17.7 Å². The Labute approximate surface area is 311 Å². The van der Waals surface area contributed by atoms with Crippen LogP contribution in [0.25, 0.3) is 10.9 Å². The van der Waals surface area contributed by atoms with Gasteiger partial charge in [0.1, 0.15) is 6.04 Å². The molecule has 4 heterocycles. The van der Waals surface area contributed by atoms with Gasteiger partial charge in [0.05, 0.1) is 11.1 Å². The zero-order valence-corrected chi connectivity index (χ0v) is 29.7. The van der Waals surface area contributed by atoms with Crippen molar-refractivity contribution >= 4 is 57.7 Å². The van der Waals surface area contributed by atoms with E-state index in [1.54, 1.807) is 24.3 Å². The number of amides is 6. The molecule has 0 aliphatic carbocycles. The van der Waals surface area contributed by atoms with Gasteiger partial charge in [-0.3, -0.25) is 39.0 Å². The first-order valence-corrected chi connectivity index (χ1v) is 18.4. The third-order valence-electron chi connectivity index (χ3n) is 9.91. The van der Waals surface area contributed by atoms with Gasteiger partial charge in [-0.05, 0) is 85.5 Å². The third-order valence-corrected chi connectivity index (χ3v) is 9.91. The molecule has 0 spiro atoms. The summed E-state index contributed by atoms with van der Waals surface area (Å²) in [4.78, 5) is 82.1. The number of ether oxygens (including phenoxy) is 1. The molecule has 14 nitrogen and oxygen atoms in total. The number of unbranched alkanes of at least 4 members (excludes halogenated alkanes) is 2. The Morgan fingerprint density at radius 1 is 0.907 bits per heavy atom. The van der Waals surface area contributed by atoms with Crippen LogP contribution in [-0.4, -0.2) is 70.4 Å². The van der Waals surface area contributed by atoms with Crippen molar-refractivity contribution < 1.29 is 38.3 Å². The minimum Gasteiger partial charge on any atom is -0.384 e. The molecule has 4 N–H and O–H groups in total. The number of hydroxylamine groups is 1. The molecule has 4 aromatic rings. The van der Waals surface area contributed by atoms with Crippen molar-refractivity contribution in [2.75, 3.05) is 23.8 Å². The predicted molar refractivity (Wildman–Crippen MR) is 198 cm³/mol. The predicted octanol–water partition coefficient (Wildman–Crippen LogP) is 4.89. The van der Waals surface area contributed by atoms with Crippen molar-refractivity contribution in [2.45, 2.75) is 76.7 Å². The molecule has 2 unspecified atom stereocenters. The average molecular weight is 735 g/mol. The lowest BCUT2D eigenvalue weighted by atomic mass is 10.0. The maximum atomic E-state index is 13.3. The van der Waals surface area contributed by atoms with Gasteiger partial charge in [-0.15, -0.1) is 0 Å². The van der Waals surface area contributed by atoms with Crippen molar-refractivity contribution in [3.8, 4) is 0 Å². The van der Waals surface area contributed by atoms with Gasteiger partial charge in [-0.25, -0.2) is 10.3 Å². The Morgan fingerprint density at radius 2 is 1.76 bits per heavy atom. The van der Waals surface area contributed by atoms with E-state index >= 15 is 0 Å². The molecule has 2 fully saturated rings. The Kier molecular flexibility index (Phi) is 11.1. The molecule has 0 saturated carbocycles. The van der Waals surface area contributed by atoms with Gasteiger partial charge in [0.2, 0.25) is 17.7 Å². The molecule has 3 aromatic carbocycles. The lowest BCUT2D eigenvalue weighted by Crippen LogP contribution is -2.54. The third kappa shape index (κ3) is 8.19. The van der Waals surface area contributed by atoms with Gasteiger partial charge < -0.3 is 19.9 Å². The minimum absolute atomic E-state index is 0.0611. The fourth-order valence-electron chi connectivity index (χ4n) is 7.03. The van der Waals surface area contributed by atoms with Crippen molar-refractivity contribution in [1.82, 2.24) is 20.3 Å². The van der Waals surface area contributed by atoms with Gasteiger partial charge >= 0.3 is 0 Å². The molecule has 54 heavy (non-hydrogen) atoms. The number of aromatic nitrogens is 1. The van der Waals surface area contributed by atoms with E-state index in [2.05, 4.69) is 26.0 Å². The van der Waals surface area contributed by atoms with Crippen LogP contribution in [0.15, 0.2) is 72.9 Å². The lowest BCUT2D eigenvalue weighted by Gasteiger charge is -2.27. The van der Waals surface area contributed by atoms with Gasteiger partial charge in [0.15, 0.2) is 6.29 Å². The number of imide groups is 2. The van der Waals surface area contributed by atoms with E-state index in [4.69, 9.17) is 9.57 Å². The highest BCUT2D eigenvalue weighted by Crippen LogP contribution is 2.32. The number of carbonyl (C=O) groups is 6. The number of hydrogen-bond acceptors (Lipinski definition) is 9. The van der Waals surface area contributed by atoms with Crippen LogP contribution in [0.3, 0.4) is 0 Å². The molecular formula is C40H42N6O8. The number of nitrogens with zero attached hydrogens (tertiary/aromatic N) is 2. The molecule has 1 aromatic heterocycles. The van der Waals surface area contributed by atoms with E-state index in [-0.39, 0.29) is 35.8 Å². The van der Waals surface area contributed by atoms with Crippen LogP contribution in [0.4, 0.5) is 11.4 Å². The summed E-state index contributed by atoms with van der Waals surface area (Å²) in [5.74, 6) is -2.58. The summed E-state index contributed by atoms with van der Waals surface area (Å²) in [6, 6.07) is 19.1.